The van der Waals surface area contributed by atoms with E-state index >= 15 is 0 Å². The first-order valence-electron chi connectivity index (χ1n) is 5.84. The summed E-state index contributed by atoms with van der Waals surface area (Å²) in [7, 11) is 0. The van der Waals surface area contributed by atoms with Crippen molar-refractivity contribution < 1.29 is 5.32 Å². The lowest BCUT2D eigenvalue weighted by Crippen LogP contribution is -2.88. The van der Waals surface area contributed by atoms with Gasteiger partial charge in [0.15, 0.2) is 0 Å². The molecule has 2 N–H and O–H groups in total. The molecular weight excluding hydrogens is 250 g/mol. The molecule has 1 aromatic carbocycles. The van der Waals surface area contributed by atoms with Crippen molar-refractivity contribution in [2.75, 3.05) is 0 Å². The fraction of sp³-hybridized carbons (Fsp3) is 0.286. The molecule has 0 amide bonds. The molecule has 1 nitrogen and oxygen atoms in total. The highest BCUT2D eigenvalue weighted by atomic mass is 35.5. The molecule has 0 unspecified atom stereocenters. The second-order valence-corrected chi connectivity index (χ2v) is 5.80. The average molecular weight is 267 g/mol. The van der Waals surface area contributed by atoms with Crippen molar-refractivity contribution in [3.8, 4) is 0 Å². The van der Waals surface area contributed by atoms with Gasteiger partial charge in [-0.2, -0.15) is 0 Å². The summed E-state index contributed by atoms with van der Waals surface area (Å²) in [6, 6.07) is 13.0. The Kier molecular flexibility index (Phi) is 4.60. The highest BCUT2D eigenvalue weighted by molar-refractivity contribution is 7.09. The molecule has 0 aliphatic rings. The van der Waals surface area contributed by atoms with Crippen LogP contribution < -0.4 is 5.32 Å². The number of hydrogen-bond donors (Lipinski definition) is 1. The summed E-state index contributed by atoms with van der Waals surface area (Å²) >= 11 is 7.70. The van der Waals surface area contributed by atoms with Crippen molar-refractivity contribution in [1.82, 2.24) is 0 Å². The van der Waals surface area contributed by atoms with Gasteiger partial charge in [-0.15, -0.1) is 11.3 Å². The normalized spacial score (nSPS) is 12.6. The minimum Gasteiger partial charge on any atom is -0.340 e. The SMILES string of the molecule is C[C@@H](Cc1cccs1)[NH2+]Cc1ccc(Cl)cc1. The molecule has 0 aliphatic heterocycles. The van der Waals surface area contributed by atoms with Crippen molar-refractivity contribution >= 4 is 22.9 Å². The molecule has 1 atom stereocenters. The van der Waals surface area contributed by atoms with Gasteiger partial charge in [-0.1, -0.05) is 29.8 Å². The monoisotopic (exact) mass is 266 g/mol. The van der Waals surface area contributed by atoms with E-state index in [1.807, 2.05) is 23.5 Å². The Hall–Kier alpha value is -0.830. The molecule has 1 heterocycles. The smallest absolute Gasteiger partial charge is 0.101 e. The van der Waals surface area contributed by atoms with Crippen molar-refractivity contribution in [3.63, 3.8) is 0 Å². The van der Waals surface area contributed by atoms with Gasteiger partial charge in [0.1, 0.15) is 6.54 Å². The summed E-state index contributed by atoms with van der Waals surface area (Å²) in [4.78, 5) is 1.46. The Labute approximate surface area is 111 Å². The van der Waals surface area contributed by atoms with Crippen molar-refractivity contribution in [1.29, 1.82) is 0 Å². The van der Waals surface area contributed by atoms with E-state index in [0.717, 1.165) is 18.0 Å². The Morgan fingerprint density at radius 1 is 1.24 bits per heavy atom. The van der Waals surface area contributed by atoms with Crippen LogP contribution in [-0.2, 0) is 13.0 Å². The lowest BCUT2D eigenvalue weighted by molar-refractivity contribution is -0.701. The molecule has 2 aromatic rings. The first-order valence-corrected chi connectivity index (χ1v) is 7.10. The molecule has 0 saturated heterocycles. The molecular formula is C14H17ClNS+. The molecule has 90 valence electrons. The van der Waals surface area contributed by atoms with Crippen LogP contribution in [-0.4, -0.2) is 6.04 Å². The Morgan fingerprint density at radius 3 is 2.65 bits per heavy atom. The summed E-state index contributed by atoms with van der Waals surface area (Å²) in [5.41, 5.74) is 1.33. The number of benzene rings is 1. The van der Waals surface area contributed by atoms with Crippen LogP contribution in [0.2, 0.25) is 5.02 Å². The van der Waals surface area contributed by atoms with Gasteiger partial charge >= 0.3 is 0 Å². The minimum atomic E-state index is 0.615. The number of halogens is 1. The second kappa shape index (κ2) is 6.20. The number of rotatable bonds is 5. The van der Waals surface area contributed by atoms with E-state index in [1.165, 1.54) is 10.4 Å². The van der Waals surface area contributed by atoms with Crippen molar-refractivity contribution in [2.45, 2.75) is 25.9 Å². The third-order valence-electron chi connectivity index (χ3n) is 2.77. The van der Waals surface area contributed by atoms with Gasteiger partial charge in [0.05, 0.1) is 6.04 Å². The van der Waals surface area contributed by atoms with E-state index < -0.39 is 0 Å². The summed E-state index contributed by atoms with van der Waals surface area (Å²) < 4.78 is 0. The first kappa shape index (κ1) is 12.6. The molecule has 0 saturated carbocycles. The third kappa shape index (κ3) is 4.15. The quantitative estimate of drug-likeness (QED) is 0.857. The van der Waals surface area contributed by atoms with Crippen LogP contribution in [0.3, 0.4) is 0 Å². The maximum Gasteiger partial charge on any atom is 0.101 e. The predicted molar refractivity (Wildman–Crippen MR) is 74.6 cm³/mol. The molecule has 0 spiro atoms. The molecule has 3 heteroatoms. The zero-order valence-electron chi connectivity index (χ0n) is 9.90. The Morgan fingerprint density at radius 2 is 2.00 bits per heavy atom. The lowest BCUT2D eigenvalue weighted by Gasteiger charge is -2.09. The summed E-state index contributed by atoms with van der Waals surface area (Å²) in [6.07, 6.45) is 1.14. The fourth-order valence-corrected chi connectivity index (χ4v) is 2.76. The Bertz CT molecular complexity index is 436. The molecule has 0 bridgehead atoms. The van der Waals surface area contributed by atoms with Crippen LogP contribution >= 0.6 is 22.9 Å². The topological polar surface area (TPSA) is 16.6 Å². The number of nitrogens with two attached hydrogens (primary N) is 1. The van der Waals surface area contributed by atoms with Gasteiger partial charge in [0.25, 0.3) is 0 Å². The van der Waals surface area contributed by atoms with E-state index in [9.17, 15) is 0 Å². The Balaban J connectivity index is 1.79. The van der Waals surface area contributed by atoms with Crippen LogP contribution in [0.5, 0.6) is 0 Å². The van der Waals surface area contributed by atoms with Gasteiger partial charge in [-0.25, -0.2) is 0 Å². The van der Waals surface area contributed by atoms with Gasteiger partial charge < -0.3 is 5.32 Å². The van der Waals surface area contributed by atoms with Crippen LogP contribution in [0.25, 0.3) is 0 Å². The van der Waals surface area contributed by atoms with E-state index in [-0.39, 0.29) is 0 Å². The van der Waals surface area contributed by atoms with Crippen LogP contribution in [0, 0.1) is 0 Å². The largest absolute Gasteiger partial charge is 0.340 e. The zero-order valence-corrected chi connectivity index (χ0v) is 11.5. The van der Waals surface area contributed by atoms with Crippen LogP contribution in [0.15, 0.2) is 41.8 Å². The minimum absolute atomic E-state index is 0.615. The molecule has 0 aliphatic carbocycles. The van der Waals surface area contributed by atoms with E-state index in [2.05, 4.69) is 41.9 Å². The zero-order chi connectivity index (χ0) is 12.1. The summed E-state index contributed by atoms with van der Waals surface area (Å²) in [5.74, 6) is 0. The van der Waals surface area contributed by atoms with Crippen molar-refractivity contribution in [3.05, 3.63) is 57.2 Å². The molecule has 0 fully saturated rings. The van der Waals surface area contributed by atoms with Crippen molar-refractivity contribution in [2.24, 2.45) is 0 Å². The highest BCUT2D eigenvalue weighted by Crippen LogP contribution is 2.10. The lowest BCUT2D eigenvalue weighted by atomic mass is 10.2. The third-order valence-corrected chi connectivity index (χ3v) is 3.92. The van der Waals surface area contributed by atoms with Crippen LogP contribution in [0.1, 0.15) is 17.4 Å². The van der Waals surface area contributed by atoms with E-state index in [4.69, 9.17) is 11.6 Å². The van der Waals surface area contributed by atoms with Gasteiger partial charge in [-0.05, 0) is 30.5 Å². The van der Waals surface area contributed by atoms with Gasteiger partial charge in [0, 0.05) is 21.9 Å². The van der Waals surface area contributed by atoms with Gasteiger partial charge in [-0.3, -0.25) is 0 Å². The van der Waals surface area contributed by atoms with Gasteiger partial charge in [0.2, 0.25) is 0 Å². The average Bonchev–Trinajstić information content (AvgIpc) is 2.81. The van der Waals surface area contributed by atoms with Crippen LogP contribution in [0.4, 0.5) is 0 Å². The standard InChI is InChI=1S/C14H16ClNS/c1-11(9-14-3-2-8-17-14)16-10-12-4-6-13(15)7-5-12/h2-8,11,16H,9-10H2,1H3/p+1/t11-/m0/s1. The summed E-state index contributed by atoms with van der Waals surface area (Å²) in [6.45, 7) is 3.29. The maximum absolute atomic E-state index is 5.86. The predicted octanol–water partition coefficient (Wildman–Crippen LogP) is 3.10. The van der Waals surface area contributed by atoms with E-state index in [0.29, 0.717) is 6.04 Å². The molecule has 17 heavy (non-hydrogen) atoms. The fourth-order valence-electron chi connectivity index (χ4n) is 1.79. The molecule has 2 rings (SSSR count). The number of quaternary nitrogens is 1. The van der Waals surface area contributed by atoms with E-state index in [1.54, 1.807) is 0 Å². The highest BCUT2D eigenvalue weighted by Gasteiger charge is 2.07. The first-order chi connectivity index (χ1) is 8.24. The molecule has 1 aromatic heterocycles. The maximum atomic E-state index is 5.86. The summed E-state index contributed by atoms with van der Waals surface area (Å²) in [5, 5.41) is 5.32. The second-order valence-electron chi connectivity index (χ2n) is 4.33. The number of thiophene rings is 1. The number of hydrogen-bond acceptors (Lipinski definition) is 1. The molecule has 0 radical (unpaired) electrons.